The Kier molecular flexibility index (Phi) is 6.64. The minimum absolute atomic E-state index is 0.115. The molecule has 0 bridgehead atoms. The van der Waals surface area contributed by atoms with E-state index in [9.17, 15) is 9.59 Å². The first kappa shape index (κ1) is 23.7. The number of aryl methyl sites for hydroxylation is 1. The van der Waals surface area contributed by atoms with Crippen molar-refractivity contribution in [2.75, 3.05) is 28.4 Å². The van der Waals surface area contributed by atoms with Crippen molar-refractivity contribution in [1.29, 1.82) is 0 Å². The maximum Gasteiger partial charge on any atom is 0.351 e. The minimum Gasteiger partial charge on any atom is -0.496 e. The summed E-state index contributed by atoms with van der Waals surface area (Å²) in [6, 6.07) is 13.4. The smallest absolute Gasteiger partial charge is 0.351 e. The number of carbonyl (C=O) groups is 2. The number of hydrogen-bond donors (Lipinski definition) is 0. The summed E-state index contributed by atoms with van der Waals surface area (Å²) in [7, 11) is 5.97. The van der Waals surface area contributed by atoms with E-state index in [0.29, 0.717) is 39.7 Å². The van der Waals surface area contributed by atoms with Gasteiger partial charge in [0.1, 0.15) is 28.6 Å². The van der Waals surface area contributed by atoms with Gasteiger partial charge in [-0.25, -0.2) is 4.79 Å². The van der Waals surface area contributed by atoms with E-state index in [-0.39, 0.29) is 28.6 Å². The maximum atomic E-state index is 13.1. The average Bonchev–Trinajstić information content (AvgIpc) is 3.18. The number of benzene rings is 3. The van der Waals surface area contributed by atoms with Crippen molar-refractivity contribution in [2.45, 2.75) is 6.92 Å². The Morgan fingerprint density at radius 3 is 2.11 bits per heavy atom. The average molecular weight is 476 g/mol. The van der Waals surface area contributed by atoms with Crippen molar-refractivity contribution in [1.82, 2.24) is 0 Å². The van der Waals surface area contributed by atoms with Crippen LogP contribution in [0.3, 0.4) is 0 Å². The standard InChI is InChI=1S/C27H24O8/c1-15-12-17(34-27(29)24-18(30-2)9-7-10-19(24)31-3)14-21-23(15)25(28)22(35-21)13-16-8-6-11-20(32-4)26(16)33-5/h6-14H,1-5H3/b22-13-. The zero-order valence-corrected chi connectivity index (χ0v) is 20.0. The SMILES string of the molecule is COc1cccc(/C=C2\Oc3cc(OC(=O)c4c(OC)cccc4OC)cc(C)c3C2=O)c1OC. The highest BCUT2D eigenvalue weighted by Gasteiger charge is 2.31. The Hall–Kier alpha value is -4.46. The summed E-state index contributed by atoms with van der Waals surface area (Å²) in [5, 5.41) is 0. The Balaban J connectivity index is 1.66. The summed E-state index contributed by atoms with van der Waals surface area (Å²) in [5.41, 5.74) is 1.77. The Bertz CT molecular complexity index is 1320. The van der Waals surface area contributed by atoms with E-state index in [0.717, 1.165) is 0 Å². The molecule has 8 nitrogen and oxygen atoms in total. The molecule has 35 heavy (non-hydrogen) atoms. The molecule has 1 heterocycles. The van der Waals surface area contributed by atoms with Crippen LogP contribution in [0.25, 0.3) is 6.08 Å². The third-order valence-corrected chi connectivity index (χ3v) is 5.51. The number of ketones is 1. The molecule has 0 spiro atoms. The molecule has 3 aromatic carbocycles. The number of Topliss-reactive ketones (excluding diaryl/α,β-unsaturated/α-hetero) is 1. The molecule has 0 radical (unpaired) electrons. The number of carbonyl (C=O) groups excluding carboxylic acids is 2. The molecule has 180 valence electrons. The van der Waals surface area contributed by atoms with Crippen LogP contribution in [0.1, 0.15) is 31.8 Å². The second-order valence-corrected chi connectivity index (χ2v) is 7.56. The lowest BCUT2D eigenvalue weighted by atomic mass is 10.0. The molecule has 1 aliphatic rings. The fourth-order valence-electron chi connectivity index (χ4n) is 3.91. The highest BCUT2D eigenvalue weighted by Crippen LogP contribution is 2.40. The topological polar surface area (TPSA) is 89.5 Å². The lowest BCUT2D eigenvalue weighted by Crippen LogP contribution is -2.12. The summed E-state index contributed by atoms with van der Waals surface area (Å²) >= 11 is 0. The number of fused-ring (bicyclic) bond motifs is 1. The second kappa shape index (κ2) is 9.80. The van der Waals surface area contributed by atoms with Gasteiger partial charge in [-0.2, -0.15) is 0 Å². The Morgan fingerprint density at radius 2 is 1.49 bits per heavy atom. The molecule has 0 N–H and O–H groups in total. The third kappa shape index (κ3) is 4.38. The molecule has 0 aliphatic carbocycles. The molecule has 0 atom stereocenters. The van der Waals surface area contributed by atoms with Crippen molar-refractivity contribution in [2.24, 2.45) is 0 Å². The molecule has 0 unspecified atom stereocenters. The van der Waals surface area contributed by atoms with Crippen molar-refractivity contribution in [3.05, 3.63) is 76.5 Å². The summed E-state index contributed by atoms with van der Waals surface area (Å²) in [6.45, 7) is 1.75. The van der Waals surface area contributed by atoms with Crippen LogP contribution in [0.2, 0.25) is 0 Å². The maximum absolute atomic E-state index is 13.1. The predicted octanol–water partition coefficient (Wildman–Crippen LogP) is 4.86. The minimum atomic E-state index is -0.667. The van der Waals surface area contributed by atoms with Crippen LogP contribution in [0.15, 0.2) is 54.3 Å². The molecule has 0 saturated carbocycles. The van der Waals surface area contributed by atoms with Gasteiger partial charge < -0.3 is 28.4 Å². The predicted molar refractivity (Wildman–Crippen MR) is 128 cm³/mol. The van der Waals surface area contributed by atoms with Crippen LogP contribution in [0, 0.1) is 6.92 Å². The van der Waals surface area contributed by atoms with E-state index in [1.54, 1.807) is 55.5 Å². The monoisotopic (exact) mass is 476 g/mol. The van der Waals surface area contributed by atoms with Gasteiger partial charge in [-0.15, -0.1) is 0 Å². The lowest BCUT2D eigenvalue weighted by Gasteiger charge is -2.13. The van der Waals surface area contributed by atoms with Gasteiger partial charge in [0.2, 0.25) is 5.78 Å². The summed E-state index contributed by atoms with van der Waals surface area (Å²) < 4.78 is 32.8. The first-order valence-electron chi connectivity index (χ1n) is 10.6. The fraction of sp³-hybridized carbons (Fsp3) is 0.185. The summed E-state index contributed by atoms with van der Waals surface area (Å²) in [5.74, 6) is 1.31. The fourth-order valence-corrected chi connectivity index (χ4v) is 3.91. The van der Waals surface area contributed by atoms with Gasteiger partial charge in [0.15, 0.2) is 17.3 Å². The van der Waals surface area contributed by atoms with E-state index in [1.807, 2.05) is 0 Å². The van der Waals surface area contributed by atoms with Crippen molar-refractivity contribution >= 4 is 17.8 Å². The third-order valence-electron chi connectivity index (χ3n) is 5.51. The quantitative estimate of drug-likeness (QED) is 0.271. The Labute approximate surface area is 202 Å². The summed E-state index contributed by atoms with van der Waals surface area (Å²) in [6.07, 6.45) is 1.59. The van der Waals surface area contributed by atoms with Gasteiger partial charge in [-0.3, -0.25) is 4.79 Å². The van der Waals surface area contributed by atoms with E-state index >= 15 is 0 Å². The number of hydrogen-bond acceptors (Lipinski definition) is 8. The number of ether oxygens (including phenoxy) is 6. The van der Waals surface area contributed by atoms with Crippen LogP contribution < -0.4 is 28.4 Å². The molecule has 0 saturated heterocycles. The summed E-state index contributed by atoms with van der Waals surface area (Å²) in [4.78, 5) is 26.1. The van der Waals surface area contributed by atoms with Crippen molar-refractivity contribution in [3.63, 3.8) is 0 Å². The van der Waals surface area contributed by atoms with Gasteiger partial charge in [0, 0.05) is 11.6 Å². The first-order chi connectivity index (χ1) is 16.9. The van der Waals surface area contributed by atoms with Crippen LogP contribution in [0.4, 0.5) is 0 Å². The highest BCUT2D eigenvalue weighted by molar-refractivity contribution is 6.15. The van der Waals surface area contributed by atoms with Gasteiger partial charge in [-0.1, -0.05) is 18.2 Å². The van der Waals surface area contributed by atoms with Crippen LogP contribution in [0.5, 0.6) is 34.5 Å². The molecule has 0 amide bonds. The number of allylic oxidation sites excluding steroid dienone is 1. The largest absolute Gasteiger partial charge is 0.496 e. The molecule has 8 heteroatoms. The zero-order chi connectivity index (χ0) is 25.1. The zero-order valence-electron chi connectivity index (χ0n) is 20.0. The number of esters is 1. The van der Waals surface area contributed by atoms with Gasteiger partial charge in [-0.05, 0) is 42.8 Å². The second-order valence-electron chi connectivity index (χ2n) is 7.56. The van der Waals surface area contributed by atoms with Crippen LogP contribution in [-0.2, 0) is 0 Å². The first-order valence-corrected chi connectivity index (χ1v) is 10.6. The molecule has 0 fully saturated rings. The normalized spacial score (nSPS) is 13.2. The van der Waals surface area contributed by atoms with E-state index < -0.39 is 5.97 Å². The molecular formula is C27H24O8. The lowest BCUT2D eigenvalue weighted by molar-refractivity contribution is 0.0727. The number of methoxy groups -OCH3 is 4. The van der Waals surface area contributed by atoms with Gasteiger partial charge in [0.05, 0.1) is 34.0 Å². The molecule has 1 aliphatic heterocycles. The van der Waals surface area contributed by atoms with E-state index in [4.69, 9.17) is 28.4 Å². The molecule has 4 rings (SSSR count). The number of rotatable bonds is 7. The number of para-hydroxylation sites is 1. The van der Waals surface area contributed by atoms with Gasteiger partial charge >= 0.3 is 5.97 Å². The highest BCUT2D eigenvalue weighted by atomic mass is 16.5. The molecule has 0 aromatic heterocycles. The molecular weight excluding hydrogens is 452 g/mol. The van der Waals surface area contributed by atoms with Gasteiger partial charge in [0.25, 0.3) is 0 Å². The van der Waals surface area contributed by atoms with Crippen molar-refractivity contribution in [3.8, 4) is 34.5 Å². The van der Waals surface area contributed by atoms with E-state index in [1.165, 1.54) is 34.5 Å². The molecule has 3 aromatic rings. The van der Waals surface area contributed by atoms with Crippen molar-refractivity contribution < 1.29 is 38.0 Å². The Morgan fingerprint density at radius 1 is 0.857 bits per heavy atom. The van der Waals surface area contributed by atoms with E-state index in [2.05, 4.69) is 0 Å². The van der Waals surface area contributed by atoms with Crippen LogP contribution >= 0.6 is 0 Å². The van der Waals surface area contributed by atoms with Crippen LogP contribution in [-0.4, -0.2) is 40.2 Å².